The first kappa shape index (κ1) is 15.4. The van der Waals surface area contributed by atoms with Gasteiger partial charge in [-0.2, -0.15) is 0 Å². The summed E-state index contributed by atoms with van der Waals surface area (Å²) in [5.41, 5.74) is 3.98. The third kappa shape index (κ3) is 3.37. The van der Waals surface area contributed by atoms with E-state index in [-0.39, 0.29) is 6.61 Å². The molecule has 0 spiro atoms. The van der Waals surface area contributed by atoms with Gasteiger partial charge < -0.3 is 15.2 Å². The lowest BCUT2D eigenvalue weighted by atomic mass is 9.90. The molecule has 112 valence electrons. The molecule has 0 aromatic heterocycles. The third-order valence-corrected chi connectivity index (χ3v) is 3.97. The Morgan fingerprint density at radius 1 is 1.05 bits per heavy atom. The zero-order valence-corrected chi connectivity index (χ0v) is 13.1. The Morgan fingerprint density at radius 3 is 2.24 bits per heavy atom. The average Bonchev–Trinajstić information content (AvgIpc) is 2.50. The predicted molar refractivity (Wildman–Crippen MR) is 87.0 cm³/mol. The summed E-state index contributed by atoms with van der Waals surface area (Å²) in [4.78, 5) is 0. The highest BCUT2D eigenvalue weighted by Crippen LogP contribution is 2.28. The molecule has 2 aromatic carbocycles. The van der Waals surface area contributed by atoms with E-state index >= 15 is 0 Å². The van der Waals surface area contributed by atoms with Gasteiger partial charge in [0.25, 0.3) is 0 Å². The summed E-state index contributed by atoms with van der Waals surface area (Å²) in [5, 5.41) is 13.3. The Kier molecular flexibility index (Phi) is 4.53. The van der Waals surface area contributed by atoms with Crippen LogP contribution in [-0.2, 0) is 5.54 Å². The number of benzene rings is 2. The molecule has 2 rings (SSSR count). The summed E-state index contributed by atoms with van der Waals surface area (Å²) in [7, 11) is 1.65. The van der Waals surface area contributed by atoms with Crippen LogP contribution >= 0.6 is 0 Å². The van der Waals surface area contributed by atoms with Gasteiger partial charge in [-0.3, -0.25) is 0 Å². The predicted octanol–water partition coefficient (Wildman–Crippen LogP) is 3.63. The summed E-state index contributed by atoms with van der Waals surface area (Å²) in [6.45, 7) is 6.19. The van der Waals surface area contributed by atoms with Crippen LogP contribution in [0.25, 0.3) is 0 Å². The number of hydrogen-bond acceptors (Lipinski definition) is 3. The van der Waals surface area contributed by atoms with E-state index in [1.807, 2.05) is 31.2 Å². The third-order valence-electron chi connectivity index (χ3n) is 3.97. The van der Waals surface area contributed by atoms with Crippen molar-refractivity contribution in [1.29, 1.82) is 0 Å². The topological polar surface area (TPSA) is 41.5 Å². The molecule has 0 fully saturated rings. The Morgan fingerprint density at radius 2 is 1.71 bits per heavy atom. The molecule has 1 atom stereocenters. The van der Waals surface area contributed by atoms with Gasteiger partial charge in [0.2, 0.25) is 0 Å². The van der Waals surface area contributed by atoms with E-state index in [0.29, 0.717) is 0 Å². The number of aryl methyl sites for hydroxylation is 2. The zero-order valence-electron chi connectivity index (χ0n) is 13.1. The Bertz CT molecular complexity index is 607. The van der Waals surface area contributed by atoms with Crippen LogP contribution in [0.3, 0.4) is 0 Å². The van der Waals surface area contributed by atoms with Crippen LogP contribution in [0.2, 0.25) is 0 Å². The van der Waals surface area contributed by atoms with E-state index < -0.39 is 5.54 Å². The number of rotatable bonds is 5. The van der Waals surface area contributed by atoms with Crippen molar-refractivity contribution in [2.75, 3.05) is 19.0 Å². The molecule has 0 aliphatic heterocycles. The van der Waals surface area contributed by atoms with Gasteiger partial charge in [0, 0.05) is 5.69 Å². The summed E-state index contributed by atoms with van der Waals surface area (Å²) >= 11 is 0. The highest BCUT2D eigenvalue weighted by atomic mass is 16.5. The van der Waals surface area contributed by atoms with Crippen molar-refractivity contribution in [1.82, 2.24) is 0 Å². The lowest BCUT2D eigenvalue weighted by Gasteiger charge is -2.31. The van der Waals surface area contributed by atoms with Gasteiger partial charge in [-0.15, -0.1) is 0 Å². The number of ether oxygens (including phenoxy) is 1. The molecule has 0 saturated carbocycles. The number of aliphatic hydroxyl groups is 1. The van der Waals surface area contributed by atoms with Crippen LogP contribution < -0.4 is 10.1 Å². The fraction of sp³-hybridized carbons (Fsp3) is 0.333. The Labute approximate surface area is 126 Å². The van der Waals surface area contributed by atoms with Crippen LogP contribution in [-0.4, -0.2) is 18.8 Å². The molecule has 3 nitrogen and oxygen atoms in total. The van der Waals surface area contributed by atoms with Crippen molar-refractivity contribution in [2.24, 2.45) is 0 Å². The SMILES string of the molecule is COc1ccc(NC(C)(CO)c2ccc(C)c(C)c2)cc1. The second-order valence-corrected chi connectivity index (χ2v) is 5.64. The second kappa shape index (κ2) is 6.19. The van der Waals surface area contributed by atoms with Gasteiger partial charge in [-0.1, -0.05) is 18.2 Å². The number of nitrogens with one attached hydrogen (secondary N) is 1. The summed E-state index contributed by atoms with van der Waals surface area (Å²) < 4.78 is 5.16. The van der Waals surface area contributed by atoms with Gasteiger partial charge in [-0.05, 0) is 61.7 Å². The molecular weight excluding hydrogens is 262 g/mol. The van der Waals surface area contributed by atoms with Crippen molar-refractivity contribution in [3.8, 4) is 5.75 Å². The molecule has 0 heterocycles. The molecule has 21 heavy (non-hydrogen) atoms. The van der Waals surface area contributed by atoms with Crippen LogP contribution in [0.15, 0.2) is 42.5 Å². The van der Waals surface area contributed by atoms with E-state index in [9.17, 15) is 5.11 Å². The van der Waals surface area contributed by atoms with Crippen LogP contribution in [0.1, 0.15) is 23.6 Å². The van der Waals surface area contributed by atoms with Crippen LogP contribution in [0.4, 0.5) is 5.69 Å². The second-order valence-electron chi connectivity index (χ2n) is 5.64. The van der Waals surface area contributed by atoms with Crippen LogP contribution in [0, 0.1) is 13.8 Å². The molecule has 0 radical (unpaired) electrons. The molecule has 1 unspecified atom stereocenters. The van der Waals surface area contributed by atoms with Crippen molar-refractivity contribution in [3.63, 3.8) is 0 Å². The first-order chi connectivity index (χ1) is 9.98. The van der Waals surface area contributed by atoms with Crippen molar-refractivity contribution >= 4 is 5.69 Å². The van der Waals surface area contributed by atoms with E-state index in [1.165, 1.54) is 11.1 Å². The normalized spacial score (nSPS) is 13.6. The van der Waals surface area contributed by atoms with Crippen molar-refractivity contribution in [3.05, 3.63) is 59.2 Å². The van der Waals surface area contributed by atoms with Crippen molar-refractivity contribution in [2.45, 2.75) is 26.3 Å². The Balaban J connectivity index is 2.29. The molecule has 0 aliphatic carbocycles. The fourth-order valence-corrected chi connectivity index (χ4v) is 2.28. The maximum atomic E-state index is 9.87. The first-order valence-electron chi connectivity index (χ1n) is 7.09. The standard InChI is InChI=1S/C18H23NO2/c1-13-5-6-15(11-14(13)2)18(3,12-20)19-16-7-9-17(21-4)10-8-16/h5-11,19-20H,12H2,1-4H3. The average molecular weight is 285 g/mol. The van der Waals surface area contributed by atoms with E-state index in [2.05, 4.69) is 37.4 Å². The van der Waals surface area contributed by atoms with E-state index in [0.717, 1.165) is 17.0 Å². The minimum Gasteiger partial charge on any atom is -0.497 e. The summed E-state index contributed by atoms with van der Waals surface area (Å²) in [6.07, 6.45) is 0. The highest BCUT2D eigenvalue weighted by molar-refractivity contribution is 5.50. The molecule has 2 N–H and O–H groups in total. The fourth-order valence-electron chi connectivity index (χ4n) is 2.28. The minimum absolute atomic E-state index is 0.0154. The lowest BCUT2D eigenvalue weighted by molar-refractivity contribution is 0.224. The molecule has 0 aliphatic rings. The number of anilines is 1. The van der Waals surface area contributed by atoms with Gasteiger partial charge in [0.05, 0.1) is 19.3 Å². The van der Waals surface area contributed by atoms with E-state index in [1.54, 1.807) is 7.11 Å². The van der Waals surface area contributed by atoms with Gasteiger partial charge in [0.15, 0.2) is 0 Å². The number of hydrogen-bond donors (Lipinski definition) is 2. The molecular formula is C18H23NO2. The maximum absolute atomic E-state index is 9.87. The Hall–Kier alpha value is -2.00. The van der Waals surface area contributed by atoms with E-state index in [4.69, 9.17) is 4.74 Å². The van der Waals surface area contributed by atoms with Gasteiger partial charge >= 0.3 is 0 Å². The van der Waals surface area contributed by atoms with Crippen molar-refractivity contribution < 1.29 is 9.84 Å². The molecule has 0 saturated heterocycles. The zero-order chi connectivity index (χ0) is 15.5. The lowest BCUT2D eigenvalue weighted by Crippen LogP contribution is -2.35. The van der Waals surface area contributed by atoms with Gasteiger partial charge in [0.1, 0.15) is 5.75 Å². The smallest absolute Gasteiger partial charge is 0.119 e. The highest BCUT2D eigenvalue weighted by Gasteiger charge is 2.25. The van der Waals surface area contributed by atoms with Crippen LogP contribution in [0.5, 0.6) is 5.75 Å². The number of methoxy groups -OCH3 is 1. The largest absolute Gasteiger partial charge is 0.497 e. The quantitative estimate of drug-likeness (QED) is 0.881. The molecule has 3 heteroatoms. The monoisotopic (exact) mass is 285 g/mol. The molecule has 0 amide bonds. The maximum Gasteiger partial charge on any atom is 0.119 e. The minimum atomic E-state index is -0.521. The number of aliphatic hydroxyl groups excluding tert-OH is 1. The molecule has 2 aromatic rings. The van der Waals surface area contributed by atoms with Gasteiger partial charge in [-0.25, -0.2) is 0 Å². The summed E-state index contributed by atoms with van der Waals surface area (Å²) in [5.74, 6) is 0.817. The summed E-state index contributed by atoms with van der Waals surface area (Å²) in [6, 6.07) is 14.0. The first-order valence-corrected chi connectivity index (χ1v) is 7.09. The molecule has 0 bridgehead atoms.